The molecule has 2 aromatic carbocycles. The predicted molar refractivity (Wildman–Crippen MR) is 135 cm³/mol. The molecule has 0 aliphatic rings. The number of fused-ring (bicyclic) bond motifs is 1. The first-order valence-electron chi connectivity index (χ1n) is 10.9. The van der Waals surface area contributed by atoms with Crippen molar-refractivity contribution in [1.29, 1.82) is 10.5 Å². The third-order valence-corrected chi connectivity index (χ3v) is 8.45. The fourth-order valence-corrected chi connectivity index (χ4v) is 6.04. The molecule has 0 bridgehead atoms. The lowest BCUT2D eigenvalue weighted by atomic mass is 10.1. The van der Waals surface area contributed by atoms with Crippen LogP contribution in [0.2, 0.25) is 0 Å². The van der Waals surface area contributed by atoms with E-state index in [0.717, 1.165) is 25.6 Å². The molecule has 0 atom stereocenters. The van der Waals surface area contributed by atoms with E-state index in [0.29, 0.717) is 11.3 Å². The minimum atomic E-state index is -3.91. The first-order chi connectivity index (χ1) is 16.7. The Morgan fingerprint density at radius 1 is 1.11 bits per heavy atom. The topological polar surface area (TPSA) is 119 Å². The summed E-state index contributed by atoms with van der Waals surface area (Å²) in [6, 6.07) is 13.5. The summed E-state index contributed by atoms with van der Waals surface area (Å²) in [5.74, 6) is -0.488. The van der Waals surface area contributed by atoms with Crippen LogP contribution in [-0.4, -0.2) is 36.3 Å². The van der Waals surface area contributed by atoms with E-state index in [1.165, 1.54) is 35.6 Å². The van der Waals surface area contributed by atoms with Crippen LogP contribution in [-0.2, 0) is 16.6 Å². The van der Waals surface area contributed by atoms with E-state index < -0.39 is 15.9 Å². The largest absolute Gasteiger partial charge is 0.312 e. The smallest absolute Gasteiger partial charge is 0.279 e. The molecule has 0 spiro atoms. The maximum atomic E-state index is 13.0. The van der Waals surface area contributed by atoms with Crippen LogP contribution in [0.1, 0.15) is 34.3 Å². The van der Waals surface area contributed by atoms with Crippen molar-refractivity contribution in [2.24, 2.45) is 4.99 Å². The molecule has 0 aliphatic heterocycles. The van der Waals surface area contributed by atoms with Gasteiger partial charge in [-0.25, -0.2) is 8.42 Å². The van der Waals surface area contributed by atoms with E-state index in [2.05, 4.69) is 23.7 Å². The zero-order valence-corrected chi connectivity index (χ0v) is 21.2. The van der Waals surface area contributed by atoms with Crippen LogP contribution in [0.15, 0.2) is 58.9 Å². The summed E-state index contributed by atoms with van der Waals surface area (Å²) in [6.07, 6.45) is 1.77. The average Bonchev–Trinajstić information content (AvgIpc) is 3.15. The fraction of sp³-hybridized carbons (Fsp3) is 0.280. The minimum Gasteiger partial charge on any atom is -0.312 e. The second kappa shape index (κ2) is 11.2. The van der Waals surface area contributed by atoms with Crippen molar-refractivity contribution in [3.8, 4) is 12.1 Å². The summed E-state index contributed by atoms with van der Waals surface area (Å²) >= 11 is 1.41. The Balaban J connectivity index is 1.95. The van der Waals surface area contributed by atoms with Crippen LogP contribution >= 0.6 is 11.3 Å². The van der Waals surface area contributed by atoms with Gasteiger partial charge in [0.1, 0.15) is 0 Å². The molecule has 1 heterocycles. The van der Waals surface area contributed by atoms with Crippen LogP contribution in [0.4, 0.5) is 0 Å². The summed E-state index contributed by atoms with van der Waals surface area (Å²) in [7, 11) is -3.91. The van der Waals surface area contributed by atoms with Crippen LogP contribution in [0, 0.1) is 36.5 Å². The van der Waals surface area contributed by atoms with E-state index in [4.69, 9.17) is 10.5 Å². The van der Waals surface area contributed by atoms with Gasteiger partial charge in [0.15, 0.2) is 4.80 Å². The van der Waals surface area contributed by atoms with E-state index in [1.54, 1.807) is 6.08 Å². The highest BCUT2D eigenvalue weighted by atomic mass is 32.2. The third-order valence-electron chi connectivity index (χ3n) is 5.49. The highest BCUT2D eigenvalue weighted by molar-refractivity contribution is 7.89. The normalized spacial score (nSPS) is 12.0. The number of aromatic nitrogens is 1. The maximum absolute atomic E-state index is 13.0. The molecule has 0 N–H and O–H groups in total. The molecule has 180 valence electrons. The fourth-order valence-electron chi connectivity index (χ4n) is 3.48. The number of hydrogen-bond donors (Lipinski definition) is 0. The molecule has 0 saturated heterocycles. The predicted octanol–water partition coefficient (Wildman–Crippen LogP) is 4.06. The van der Waals surface area contributed by atoms with Gasteiger partial charge in [0, 0.05) is 38.0 Å². The SMILES string of the molecule is C=CCn1c(=NC(=O)c2ccc(S(=O)(=O)N(CCC#N)CCC#N)cc2)sc2cc(C)c(C)cc21. The van der Waals surface area contributed by atoms with Gasteiger partial charge in [0.05, 0.1) is 27.3 Å². The molecule has 3 rings (SSSR count). The summed E-state index contributed by atoms with van der Waals surface area (Å²) in [5, 5.41) is 17.7. The first kappa shape index (κ1) is 26.0. The molecular formula is C25H25N5O3S2. The Morgan fingerprint density at radius 2 is 1.71 bits per heavy atom. The lowest BCUT2D eigenvalue weighted by Crippen LogP contribution is -2.32. The molecule has 1 amide bonds. The Morgan fingerprint density at radius 3 is 2.29 bits per heavy atom. The Labute approximate surface area is 208 Å². The Bertz CT molecular complexity index is 1500. The standard InChI is InChI=1S/C25H25N5O3S2/c1-4-13-30-22-16-18(2)19(3)17-23(22)34-25(30)28-24(31)20-7-9-21(10-8-20)35(32,33)29(14-5-11-26)15-6-12-27/h4,7-10,16-17H,1,5-6,13-15H2,2-3H3. The van der Waals surface area contributed by atoms with Crippen LogP contribution in [0.5, 0.6) is 0 Å². The van der Waals surface area contributed by atoms with Gasteiger partial charge in [-0.1, -0.05) is 17.4 Å². The van der Waals surface area contributed by atoms with Crippen LogP contribution in [0.25, 0.3) is 10.2 Å². The van der Waals surface area contributed by atoms with E-state index in [-0.39, 0.29) is 36.4 Å². The van der Waals surface area contributed by atoms with Gasteiger partial charge in [-0.05, 0) is 61.4 Å². The van der Waals surface area contributed by atoms with Gasteiger partial charge < -0.3 is 4.57 Å². The molecule has 0 aliphatic carbocycles. The molecule has 0 unspecified atom stereocenters. The molecule has 8 nitrogen and oxygen atoms in total. The third kappa shape index (κ3) is 5.75. The average molecular weight is 508 g/mol. The second-order valence-corrected chi connectivity index (χ2v) is 10.8. The van der Waals surface area contributed by atoms with Gasteiger partial charge in [0.2, 0.25) is 10.0 Å². The zero-order chi connectivity index (χ0) is 25.6. The highest BCUT2D eigenvalue weighted by Gasteiger charge is 2.24. The number of allylic oxidation sites excluding steroid dienone is 1. The number of hydrogen-bond acceptors (Lipinski definition) is 6. The summed E-state index contributed by atoms with van der Waals surface area (Å²) in [5.41, 5.74) is 3.51. The highest BCUT2D eigenvalue weighted by Crippen LogP contribution is 2.22. The number of aryl methyl sites for hydroxylation is 2. The summed E-state index contributed by atoms with van der Waals surface area (Å²) in [6.45, 7) is 8.35. The van der Waals surface area contributed by atoms with Gasteiger partial charge in [-0.3, -0.25) is 4.79 Å². The lowest BCUT2D eigenvalue weighted by Gasteiger charge is -2.20. The molecular weight excluding hydrogens is 482 g/mol. The summed E-state index contributed by atoms with van der Waals surface area (Å²) < 4.78 is 30.0. The molecule has 0 saturated carbocycles. The molecule has 1 aromatic heterocycles. The van der Waals surface area contributed by atoms with Crippen molar-refractivity contribution >= 4 is 37.5 Å². The number of carbonyl (C=O) groups excluding carboxylic acids is 1. The van der Waals surface area contributed by atoms with Gasteiger partial charge >= 0.3 is 0 Å². The number of amides is 1. The van der Waals surface area contributed by atoms with Crippen molar-refractivity contribution in [1.82, 2.24) is 8.87 Å². The molecule has 35 heavy (non-hydrogen) atoms. The second-order valence-electron chi connectivity index (χ2n) is 7.85. The van der Waals surface area contributed by atoms with Gasteiger partial charge in [-0.2, -0.15) is 19.8 Å². The monoisotopic (exact) mass is 507 g/mol. The van der Waals surface area contributed by atoms with Crippen molar-refractivity contribution < 1.29 is 13.2 Å². The lowest BCUT2D eigenvalue weighted by molar-refractivity contribution is 0.0997. The summed E-state index contributed by atoms with van der Waals surface area (Å²) in [4.78, 5) is 17.8. The molecule has 0 fully saturated rings. The number of carbonyl (C=O) groups is 1. The Kier molecular flexibility index (Phi) is 8.36. The molecule has 10 heteroatoms. The van der Waals surface area contributed by atoms with Crippen molar-refractivity contribution in [3.05, 3.63) is 70.5 Å². The van der Waals surface area contributed by atoms with Gasteiger partial charge in [0.25, 0.3) is 5.91 Å². The van der Waals surface area contributed by atoms with Crippen molar-refractivity contribution in [3.63, 3.8) is 0 Å². The number of sulfonamides is 1. The molecule has 0 radical (unpaired) electrons. The zero-order valence-electron chi connectivity index (χ0n) is 19.6. The number of thiazole rings is 1. The van der Waals surface area contributed by atoms with E-state index in [1.807, 2.05) is 30.6 Å². The van der Waals surface area contributed by atoms with Crippen LogP contribution in [0.3, 0.4) is 0 Å². The molecule has 3 aromatic rings. The van der Waals surface area contributed by atoms with E-state index >= 15 is 0 Å². The van der Waals surface area contributed by atoms with Crippen LogP contribution < -0.4 is 4.80 Å². The Hall–Kier alpha value is -3.57. The first-order valence-corrected chi connectivity index (χ1v) is 13.1. The van der Waals surface area contributed by atoms with Crippen molar-refractivity contribution in [2.75, 3.05) is 13.1 Å². The van der Waals surface area contributed by atoms with Gasteiger partial charge in [-0.15, -0.1) is 6.58 Å². The maximum Gasteiger partial charge on any atom is 0.279 e. The quantitative estimate of drug-likeness (QED) is 0.405. The van der Waals surface area contributed by atoms with E-state index in [9.17, 15) is 13.2 Å². The minimum absolute atomic E-state index is 0.00921. The number of nitrogens with zero attached hydrogens (tertiary/aromatic N) is 5. The number of rotatable bonds is 9. The number of nitriles is 2. The number of benzene rings is 2. The van der Waals surface area contributed by atoms with Crippen molar-refractivity contribution in [2.45, 2.75) is 38.1 Å².